The summed E-state index contributed by atoms with van der Waals surface area (Å²) in [7, 11) is 1.59. The molecule has 1 aromatic carbocycles. The van der Waals surface area contributed by atoms with Crippen LogP contribution in [0.2, 0.25) is 0 Å². The van der Waals surface area contributed by atoms with Gasteiger partial charge in [-0.3, -0.25) is 9.36 Å². The van der Waals surface area contributed by atoms with Crippen LogP contribution >= 0.6 is 11.3 Å². The SMILES string of the molecule is COc1ccc(OC[C@@H](O)Cn2cnc3sccc3c2=O)cc1. The lowest BCUT2D eigenvalue weighted by Gasteiger charge is -2.14. The van der Waals surface area contributed by atoms with E-state index in [0.717, 1.165) is 5.75 Å². The summed E-state index contributed by atoms with van der Waals surface area (Å²) in [6.45, 7) is 0.216. The standard InChI is InChI=1S/C16H16N2O4S/c1-21-12-2-4-13(5-3-12)22-9-11(19)8-18-10-17-15-14(16(18)20)6-7-23-15/h2-7,10-11,19H,8-9H2,1H3/t11-/m0/s1. The fourth-order valence-electron chi connectivity index (χ4n) is 2.17. The molecule has 23 heavy (non-hydrogen) atoms. The van der Waals surface area contributed by atoms with Crippen LogP contribution in [-0.4, -0.2) is 34.5 Å². The summed E-state index contributed by atoms with van der Waals surface area (Å²) in [5.74, 6) is 1.36. The Bertz CT molecular complexity index is 841. The minimum atomic E-state index is -0.812. The van der Waals surface area contributed by atoms with E-state index in [1.54, 1.807) is 37.4 Å². The summed E-state index contributed by atoms with van der Waals surface area (Å²) >= 11 is 1.42. The molecule has 0 fully saturated rings. The molecular weight excluding hydrogens is 316 g/mol. The second kappa shape index (κ2) is 6.80. The molecule has 120 valence electrons. The second-order valence-corrected chi connectivity index (χ2v) is 5.88. The molecule has 0 aliphatic heterocycles. The van der Waals surface area contributed by atoms with E-state index in [0.29, 0.717) is 16.0 Å². The van der Waals surface area contributed by atoms with Crippen molar-refractivity contribution in [2.75, 3.05) is 13.7 Å². The Hall–Kier alpha value is -2.38. The highest BCUT2D eigenvalue weighted by atomic mass is 32.1. The van der Waals surface area contributed by atoms with Gasteiger partial charge in [0, 0.05) is 0 Å². The van der Waals surface area contributed by atoms with Gasteiger partial charge in [0.25, 0.3) is 5.56 Å². The van der Waals surface area contributed by atoms with E-state index in [2.05, 4.69) is 4.98 Å². The highest BCUT2D eigenvalue weighted by Gasteiger charge is 2.10. The molecule has 0 saturated heterocycles. The van der Waals surface area contributed by atoms with Crippen LogP contribution in [0.4, 0.5) is 0 Å². The van der Waals surface area contributed by atoms with Gasteiger partial charge < -0.3 is 14.6 Å². The van der Waals surface area contributed by atoms with Crippen LogP contribution in [-0.2, 0) is 6.54 Å². The van der Waals surface area contributed by atoms with E-state index in [4.69, 9.17) is 9.47 Å². The van der Waals surface area contributed by atoms with E-state index < -0.39 is 6.10 Å². The Morgan fingerprint density at radius 3 is 2.74 bits per heavy atom. The van der Waals surface area contributed by atoms with E-state index in [1.165, 1.54) is 22.2 Å². The van der Waals surface area contributed by atoms with Crippen LogP contribution in [0.3, 0.4) is 0 Å². The van der Waals surface area contributed by atoms with Crippen LogP contribution in [0.1, 0.15) is 0 Å². The van der Waals surface area contributed by atoms with Gasteiger partial charge in [0.15, 0.2) is 0 Å². The van der Waals surface area contributed by atoms with Crippen molar-refractivity contribution in [3.8, 4) is 11.5 Å². The number of fused-ring (bicyclic) bond motifs is 1. The number of ether oxygens (including phenoxy) is 2. The van der Waals surface area contributed by atoms with Crippen LogP contribution in [0.25, 0.3) is 10.2 Å². The molecule has 0 bridgehead atoms. The van der Waals surface area contributed by atoms with Crippen molar-refractivity contribution in [2.45, 2.75) is 12.6 Å². The van der Waals surface area contributed by atoms with Crippen molar-refractivity contribution in [3.05, 3.63) is 52.4 Å². The van der Waals surface area contributed by atoms with E-state index in [1.807, 2.05) is 5.38 Å². The molecule has 3 rings (SSSR count). The molecule has 0 aliphatic rings. The minimum absolute atomic E-state index is 0.0838. The number of aromatic nitrogens is 2. The van der Waals surface area contributed by atoms with Crippen LogP contribution in [0.5, 0.6) is 11.5 Å². The van der Waals surface area contributed by atoms with E-state index in [-0.39, 0.29) is 18.7 Å². The molecule has 0 unspecified atom stereocenters. The van der Waals surface area contributed by atoms with Gasteiger partial charge >= 0.3 is 0 Å². The minimum Gasteiger partial charge on any atom is -0.497 e. The predicted octanol–water partition coefficient (Wildman–Crippen LogP) is 1.91. The van der Waals surface area contributed by atoms with Crippen LogP contribution < -0.4 is 15.0 Å². The zero-order valence-corrected chi connectivity index (χ0v) is 13.3. The molecule has 1 N–H and O–H groups in total. The first-order valence-electron chi connectivity index (χ1n) is 7.05. The zero-order valence-electron chi connectivity index (χ0n) is 12.5. The van der Waals surface area contributed by atoms with Gasteiger partial charge in [0.2, 0.25) is 0 Å². The lowest BCUT2D eigenvalue weighted by Crippen LogP contribution is -2.30. The molecule has 0 amide bonds. The Kier molecular flexibility index (Phi) is 4.59. The Labute approximate surface area is 136 Å². The quantitative estimate of drug-likeness (QED) is 0.746. The number of benzene rings is 1. The first-order valence-corrected chi connectivity index (χ1v) is 7.93. The van der Waals surface area contributed by atoms with Gasteiger partial charge in [-0.2, -0.15) is 0 Å². The number of thiophene rings is 1. The molecular formula is C16H16N2O4S. The lowest BCUT2D eigenvalue weighted by atomic mass is 10.3. The first-order chi connectivity index (χ1) is 11.2. The van der Waals surface area contributed by atoms with Crippen molar-refractivity contribution >= 4 is 21.6 Å². The van der Waals surface area contributed by atoms with Crippen molar-refractivity contribution in [2.24, 2.45) is 0 Å². The second-order valence-electron chi connectivity index (χ2n) is 4.98. The predicted molar refractivity (Wildman–Crippen MR) is 88.4 cm³/mol. The maximum absolute atomic E-state index is 12.2. The number of nitrogens with zero attached hydrogens (tertiary/aromatic N) is 2. The maximum Gasteiger partial charge on any atom is 0.262 e. The summed E-state index contributed by atoms with van der Waals surface area (Å²) in [5.41, 5.74) is -0.153. The highest BCUT2D eigenvalue weighted by Crippen LogP contribution is 2.17. The average molecular weight is 332 g/mol. The Morgan fingerprint density at radius 2 is 2.00 bits per heavy atom. The number of rotatable bonds is 6. The normalized spacial score (nSPS) is 12.3. The van der Waals surface area contributed by atoms with Gasteiger partial charge in [-0.25, -0.2) is 4.98 Å². The summed E-state index contributed by atoms with van der Waals surface area (Å²) < 4.78 is 12.0. The molecule has 0 spiro atoms. The summed E-state index contributed by atoms with van der Waals surface area (Å²) in [6.07, 6.45) is 0.644. The zero-order chi connectivity index (χ0) is 16.2. The van der Waals surface area contributed by atoms with Crippen molar-refractivity contribution in [3.63, 3.8) is 0 Å². The fourth-order valence-corrected chi connectivity index (χ4v) is 2.89. The first kappa shape index (κ1) is 15.5. The smallest absolute Gasteiger partial charge is 0.262 e. The molecule has 3 aromatic rings. The number of hydrogen-bond acceptors (Lipinski definition) is 6. The molecule has 1 atom stereocenters. The number of aliphatic hydroxyl groups excluding tert-OH is 1. The fraction of sp³-hybridized carbons (Fsp3) is 0.250. The third-order valence-corrected chi connectivity index (χ3v) is 4.18. The van der Waals surface area contributed by atoms with Crippen LogP contribution in [0.15, 0.2) is 46.8 Å². The van der Waals surface area contributed by atoms with Crippen molar-refractivity contribution in [1.82, 2.24) is 9.55 Å². The third kappa shape index (κ3) is 3.52. The molecule has 2 aromatic heterocycles. The average Bonchev–Trinajstić information content (AvgIpc) is 3.05. The molecule has 0 aliphatic carbocycles. The Balaban J connectivity index is 1.62. The summed E-state index contributed by atoms with van der Waals surface area (Å²) in [6, 6.07) is 8.82. The van der Waals surface area contributed by atoms with E-state index >= 15 is 0 Å². The Morgan fingerprint density at radius 1 is 1.26 bits per heavy atom. The van der Waals surface area contributed by atoms with Gasteiger partial charge in [0.05, 0.1) is 25.4 Å². The number of methoxy groups -OCH3 is 1. The van der Waals surface area contributed by atoms with E-state index in [9.17, 15) is 9.90 Å². The van der Waals surface area contributed by atoms with Gasteiger partial charge in [-0.1, -0.05) is 0 Å². The number of aliphatic hydroxyl groups is 1. The largest absolute Gasteiger partial charge is 0.497 e. The van der Waals surface area contributed by atoms with Gasteiger partial charge in [0.1, 0.15) is 29.0 Å². The summed E-state index contributed by atoms with van der Waals surface area (Å²) in [5, 5.41) is 12.5. The van der Waals surface area contributed by atoms with Gasteiger partial charge in [-0.05, 0) is 35.7 Å². The lowest BCUT2D eigenvalue weighted by molar-refractivity contribution is 0.0914. The third-order valence-electron chi connectivity index (χ3n) is 3.36. The molecule has 7 heteroatoms. The highest BCUT2D eigenvalue weighted by molar-refractivity contribution is 7.16. The van der Waals surface area contributed by atoms with Crippen LogP contribution in [0, 0.1) is 0 Å². The summed E-state index contributed by atoms with van der Waals surface area (Å²) in [4.78, 5) is 17.1. The van der Waals surface area contributed by atoms with Crippen molar-refractivity contribution in [1.29, 1.82) is 0 Å². The molecule has 0 radical (unpaired) electrons. The molecule has 2 heterocycles. The number of hydrogen-bond donors (Lipinski definition) is 1. The topological polar surface area (TPSA) is 73.6 Å². The monoisotopic (exact) mass is 332 g/mol. The van der Waals surface area contributed by atoms with Gasteiger partial charge in [-0.15, -0.1) is 11.3 Å². The molecule has 0 saturated carbocycles. The maximum atomic E-state index is 12.2. The van der Waals surface area contributed by atoms with Crippen molar-refractivity contribution < 1.29 is 14.6 Å². The molecule has 6 nitrogen and oxygen atoms in total.